The van der Waals surface area contributed by atoms with Gasteiger partial charge in [0.2, 0.25) is 5.65 Å². The summed E-state index contributed by atoms with van der Waals surface area (Å²) in [4.78, 5) is 9.62. The number of pyridine rings is 1. The minimum Gasteiger partial charge on any atom is -0.407 e. The lowest BCUT2D eigenvalue weighted by Gasteiger charge is -2.08. The molecule has 4 rings (SSSR count). The highest BCUT2D eigenvalue weighted by atomic mass is 16.6. The highest BCUT2D eigenvalue weighted by molar-refractivity contribution is 5.67. The van der Waals surface area contributed by atoms with Gasteiger partial charge in [-0.2, -0.15) is 11.0 Å². The second-order valence-corrected chi connectivity index (χ2v) is 6.15. The van der Waals surface area contributed by atoms with Gasteiger partial charge in [0.1, 0.15) is 0 Å². The first-order valence-electron chi connectivity index (χ1n) is 8.27. The Bertz CT molecular complexity index is 909. The van der Waals surface area contributed by atoms with Gasteiger partial charge in [0, 0.05) is 11.5 Å². The molecule has 3 aromatic rings. The SMILES string of the molecule is C/C=C\Cc1cccc(-c2ccc(ON)c3nc(C4CC4)nn23)c1. The summed E-state index contributed by atoms with van der Waals surface area (Å²) in [6, 6.07) is 12.3. The molecule has 0 saturated heterocycles. The van der Waals surface area contributed by atoms with E-state index in [1.54, 1.807) is 0 Å². The molecule has 1 aliphatic rings. The van der Waals surface area contributed by atoms with E-state index in [1.807, 2.05) is 23.6 Å². The maximum absolute atomic E-state index is 5.40. The summed E-state index contributed by atoms with van der Waals surface area (Å²) in [5, 5.41) is 4.71. The van der Waals surface area contributed by atoms with Gasteiger partial charge in [0.25, 0.3) is 0 Å². The Morgan fingerprint density at radius 3 is 2.92 bits per heavy atom. The van der Waals surface area contributed by atoms with Crippen molar-refractivity contribution in [2.75, 3.05) is 0 Å². The molecule has 1 saturated carbocycles. The van der Waals surface area contributed by atoms with Crippen molar-refractivity contribution in [2.24, 2.45) is 5.90 Å². The molecule has 0 aliphatic heterocycles. The minimum atomic E-state index is 0.476. The molecule has 1 aromatic carbocycles. The highest BCUT2D eigenvalue weighted by Gasteiger charge is 2.29. The van der Waals surface area contributed by atoms with E-state index >= 15 is 0 Å². The number of benzene rings is 1. The molecule has 0 bridgehead atoms. The van der Waals surface area contributed by atoms with Crippen LogP contribution in [0.25, 0.3) is 16.9 Å². The van der Waals surface area contributed by atoms with Crippen molar-refractivity contribution in [3.05, 3.63) is 59.9 Å². The normalized spacial score (nSPS) is 14.6. The summed E-state index contributed by atoms with van der Waals surface area (Å²) in [5.74, 6) is 7.30. The Hall–Kier alpha value is -2.66. The summed E-state index contributed by atoms with van der Waals surface area (Å²) < 4.78 is 1.85. The first kappa shape index (κ1) is 14.9. The van der Waals surface area contributed by atoms with Crippen LogP contribution in [0.1, 0.15) is 37.1 Å². The summed E-state index contributed by atoms with van der Waals surface area (Å²) in [6.45, 7) is 2.04. The average Bonchev–Trinajstić information content (AvgIpc) is 3.38. The Balaban J connectivity index is 1.84. The van der Waals surface area contributed by atoms with Crippen LogP contribution in [0.3, 0.4) is 0 Å². The van der Waals surface area contributed by atoms with Crippen molar-refractivity contribution in [1.29, 1.82) is 0 Å². The van der Waals surface area contributed by atoms with Gasteiger partial charge in [-0.05, 0) is 49.9 Å². The number of hydrogen-bond acceptors (Lipinski definition) is 4. The predicted molar refractivity (Wildman–Crippen MR) is 93.7 cm³/mol. The van der Waals surface area contributed by atoms with Gasteiger partial charge in [0.15, 0.2) is 11.6 Å². The number of fused-ring (bicyclic) bond motifs is 1. The molecule has 2 N–H and O–H groups in total. The molecule has 0 unspecified atom stereocenters. The Labute approximate surface area is 140 Å². The van der Waals surface area contributed by atoms with Gasteiger partial charge in [-0.3, -0.25) is 0 Å². The maximum Gasteiger partial charge on any atom is 0.201 e. The van der Waals surface area contributed by atoms with Crippen LogP contribution in [0.4, 0.5) is 0 Å². The standard InChI is InChI=1S/C19H20N4O/c1-2-3-5-13-6-4-7-15(12-13)16-10-11-17(24-20)19-21-18(14-8-9-14)22-23(16)19/h2-4,6-7,10-12,14H,5,8-9,20H2,1H3/b3-2-. The quantitative estimate of drug-likeness (QED) is 0.576. The van der Waals surface area contributed by atoms with Crippen LogP contribution in [0, 0.1) is 0 Å². The van der Waals surface area contributed by atoms with E-state index in [-0.39, 0.29) is 0 Å². The van der Waals surface area contributed by atoms with Gasteiger partial charge < -0.3 is 4.84 Å². The van der Waals surface area contributed by atoms with Crippen molar-refractivity contribution in [3.63, 3.8) is 0 Å². The van der Waals surface area contributed by atoms with Crippen molar-refractivity contribution >= 4 is 5.65 Å². The third-order valence-electron chi connectivity index (χ3n) is 4.35. The van der Waals surface area contributed by atoms with Crippen molar-refractivity contribution in [3.8, 4) is 17.0 Å². The topological polar surface area (TPSA) is 65.4 Å². The zero-order valence-corrected chi connectivity index (χ0v) is 13.6. The Kier molecular flexibility index (Phi) is 3.78. The number of rotatable bonds is 5. The lowest BCUT2D eigenvalue weighted by Crippen LogP contribution is -2.05. The molecule has 5 nitrogen and oxygen atoms in total. The van der Waals surface area contributed by atoms with Gasteiger partial charge >= 0.3 is 0 Å². The fourth-order valence-corrected chi connectivity index (χ4v) is 2.89. The second kappa shape index (κ2) is 6.09. The molecule has 1 aliphatic carbocycles. The molecule has 5 heteroatoms. The molecule has 0 atom stereocenters. The van der Waals surface area contributed by atoms with Gasteiger partial charge in [-0.25, -0.2) is 9.50 Å². The fraction of sp³-hybridized carbons (Fsp3) is 0.263. The van der Waals surface area contributed by atoms with Crippen LogP contribution < -0.4 is 10.7 Å². The number of hydrogen-bond donors (Lipinski definition) is 1. The van der Waals surface area contributed by atoms with Crippen LogP contribution in [-0.2, 0) is 6.42 Å². The Morgan fingerprint density at radius 1 is 1.29 bits per heavy atom. The molecule has 2 heterocycles. The third-order valence-corrected chi connectivity index (χ3v) is 4.35. The zero-order valence-electron chi connectivity index (χ0n) is 13.6. The molecule has 0 amide bonds. The van der Waals surface area contributed by atoms with Crippen molar-refractivity contribution in [2.45, 2.75) is 32.1 Å². The van der Waals surface area contributed by atoms with Crippen LogP contribution >= 0.6 is 0 Å². The van der Waals surface area contributed by atoms with Crippen molar-refractivity contribution < 1.29 is 4.84 Å². The molecular formula is C19H20N4O. The van der Waals surface area contributed by atoms with Crippen LogP contribution in [0.5, 0.6) is 5.75 Å². The maximum atomic E-state index is 5.40. The van der Waals surface area contributed by atoms with E-state index in [2.05, 4.69) is 41.4 Å². The van der Waals surface area contributed by atoms with Crippen LogP contribution in [0.2, 0.25) is 0 Å². The monoisotopic (exact) mass is 320 g/mol. The second-order valence-electron chi connectivity index (χ2n) is 6.15. The zero-order chi connectivity index (χ0) is 16.5. The number of allylic oxidation sites excluding steroid dienone is 2. The number of aromatic nitrogens is 3. The van der Waals surface area contributed by atoms with E-state index in [1.165, 1.54) is 5.56 Å². The number of nitrogens with two attached hydrogens (primary N) is 1. The first-order valence-corrected chi connectivity index (χ1v) is 8.27. The molecule has 0 spiro atoms. The van der Waals surface area contributed by atoms with E-state index in [0.29, 0.717) is 17.3 Å². The molecular weight excluding hydrogens is 300 g/mol. The molecule has 2 aromatic heterocycles. The summed E-state index contributed by atoms with van der Waals surface area (Å²) in [6.07, 6.45) is 7.45. The average molecular weight is 320 g/mol. The fourth-order valence-electron chi connectivity index (χ4n) is 2.89. The predicted octanol–water partition coefficient (Wildman–Crippen LogP) is 3.64. The molecule has 24 heavy (non-hydrogen) atoms. The summed E-state index contributed by atoms with van der Waals surface area (Å²) in [5.41, 5.74) is 4.04. The minimum absolute atomic E-state index is 0.476. The lowest BCUT2D eigenvalue weighted by atomic mass is 10.1. The molecule has 1 fully saturated rings. The largest absolute Gasteiger partial charge is 0.407 e. The van der Waals surface area contributed by atoms with Crippen LogP contribution in [-0.4, -0.2) is 14.6 Å². The number of nitrogens with zero attached hydrogens (tertiary/aromatic N) is 3. The highest BCUT2D eigenvalue weighted by Crippen LogP contribution is 2.39. The van der Waals surface area contributed by atoms with Crippen LogP contribution in [0.15, 0.2) is 48.6 Å². The van der Waals surface area contributed by atoms with Gasteiger partial charge in [-0.1, -0.05) is 30.4 Å². The van der Waals surface area contributed by atoms with E-state index in [9.17, 15) is 0 Å². The Morgan fingerprint density at radius 2 is 2.17 bits per heavy atom. The summed E-state index contributed by atoms with van der Waals surface area (Å²) >= 11 is 0. The van der Waals surface area contributed by atoms with Gasteiger partial charge in [0.05, 0.1) is 5.69 Å². The van der Waals surface area contributed by atoms with E-state index < -0.39 is 0 Å². The molecule has 122 valence electrons. The van der Waals surface area contributed by atoms with Crippen molar-refractivity contribution in [1.82, 2.24) is 14.6 Å². The van der Waals surface area contributed by atoms with E-state index in [0.717, 1.165) is 36.3 Å². The lowest BCUT2D eigenvalue weighted by molar-refractivity contribution is 0.336. The molecule has 0 radical (unpaired) electrons. The third kappa shape index (κ3) is 2.67. The summed E-state index contributed by atoms with van der Waals surface area (Å²) in [7, 11) is 0. The van der Waals surface area contributed by atoms with E-state index in [4.69, 9.17) is 15.8 Å². The smallest absolute Gasteiger partial charge is 0.201 e. The van der Waals surface area contributed by atoms with Gasteiger partial charge in [-0.15, -0.1) is 0 Å². The first-order chi connectivity index (χ1) is 11.8.